The average molecular weight is 287 g/mol. The van der Waals surface area contributed by atoms with Gasteiger partial charge in [-0.05, 0) is 12.5 Å². The molecular formula is C16H21N3O2. The Morgan fingerprint density at radius 2 is 2.05 bits per heavy atom. The molecule has 1 heterocycles. The van der Waals surface area contributed by atoms with E-state index >= 15 is 0 Å². The number of ether oxygens (including phenoxy) is 1. The van der Waals surface area contributed by atoms with Gasteiger partial charge in [-0.3, -0.25) is 9.48 Å². The molecule has 0 bridgehead atoms. The molecule has 0 aliphatic heterocycles. The number of ketones is 1. The summed E-state index contributed by atoms with van der Waals surface area (Å²) in [5.41, 5.74) is 7.67. The average Bonchev–Trinajstić information content (AvgIpc) is 2.96. The van der Waals surface area contributed by atoms with Gasteiger partial charge >= 0.3 is 0 Å². The van der Waals surface area contributed by atoms with Crippen LogP contribution < -0.4 is 10.5 Å². The summed E-state index contributed by atoms with van der Waals surface area (Å²) in [6, 6.07) is 9.28. The minimum absolute atomic E-state index is 0.0532. The summed E-state index contributed by atoms with van der Waals surface area (Å²) in [4.78, 5) is 12.8. The number of nitrogens with zero attached hydrogens (tertiary/aromatic N) is 2. The molecular weight excluding hydrogens is 266 g/mol. The highest BCUT2D eigenvalue weighted by atomic mass is 16.5. The minimum Gasteiger partial charge on any atom is -0.493 e. The number of methoxy groups -OCH3 is 1. The Hall–Kier alpha value is -2.14. The normalized spacial score (nSPS) is 13.7. The molecule has 2 N–H and O–H groups in total. The van der Waals surface area contributed by atoms with E-state index in [1.165, 1.54) is 7.11 Å². The van der Waals surface area contributed by atoms with Crippen molar-refractivity contribution in [3.63, 3.8) is 0 Å². The van der Waals surface area contributed by atoms with Crippen LogP contribution in [0.25, 0.3) is 0 Å². The predicted octanol–water partition coefficient (Wildman–Crippen LogP) is 2.43. The topological polar surface area (TPSA) is 70.1 Å². The van der Waals surface area contributed by atoms with Crippen LogP contribution in [0.15, 0.2) is 36.5 Å². The highest BCUT2D eigenvalue weighted by Crippen LogP contribution is 2.27. The maximum Gasteiger partial charge on any atom is 0.189 e. The quantitative estimate of drug-likeness (QED) is 0.828. The molecule has 5 nitrogen and oxygen atoms in total. The van der Waals surface area contributed by atoms with Crippen molar-refractivity contribution >= 4 is 5.78 Å². The molecule has 5 heteroatoms. The van der Waals surface area contributed by atoms with Gasteiger partial charge in [0, 0.05) is 18.5 Å². The number of hydrogen-bond donors (Lipinski definition) is 1. The van der Waals surface area contributed by atoms with Crippen molar-refractivity contribution in [3.05, 3.63) is 47.8 Å². The molecule has 0 radical (unpaired) electrons. The van der Waals surface area contributed by atoms with Gasteiger partial charge in [-0.2, -0.15) is 5.10 Å². The van der Waals surface area contributed by atoms with Crippen molar-refractivity contribution in [2.24, 2.45) is 11.7 Å². The Bertz CT molecular complexity index is 586. The van der Waals surface area contributed by atoms with Gasteiger partial charge in [0.1, 0.15) is 5.69 Å². The highest BCUT2D eigenvalue weighted by molar-refractivity contribution is 5.99. The van der Waals surface area contributed by atoms with E-state index in [2.05, 4.69) is 5.10 Å². The second-order valence-electron chi connectivity index (χ2n) is 4.97. The first kappa shape index (κ1) is 15.3. The minimum atomic E-state index is -0.358. The molecule has 0 saturated heterocycles. The zero-order chi connectivity index (χ0) is 15.4. The molecule has 2 unspecified atom stereocenters. The molecule has 112 valence electrons. The van der Waals surface area contributed by atoms with Gasteiger partial charge < -0.3 is 10.5 Å². The number of aryl methyl sites for hydroxylation is 1. The van der Waals surface area contributed by atoms with Crippen molar-refractivity contribution in [2.75, 3.05) is 7.11 Å². The lowest BCUT2D eigenvalue weighted by molar-refractivity contribution is 0.0898. The molecule has 0 amide bonds. The third-order valence-corrected chi connectivity index (χ3v) is 3.70. The Labute approximate surface area is 124 Å². The lowest BCUT2D eigenvalue weighted by Crippen LogP contribution is -2.28. The lowest BCUT2D eigenvalue weighted by Gasteiger charge is -2.20. The molecule has 21 heavy (non-hydrogen) atoms. The van der Waals surface area contributed by atoms with Gasteiger partial charge in [-0.1, -0.05) is 37.3 Å². The summed E-state index contributed by atoms with van der Waals surface area (Å²) in [5.74, 6) is 0.0832. The van der Waals surface area contributed by atoms with Crippen molar-refractivity contribution in [1.82, 2.24) is 9.78 Å². The summed E-state index contributed by atoms with van der Waals surface area (Å²) in [6.45, 7) is 4.38. The number of Topliss-reactive ketones (excluding diaryl/α,β-unsaturated/α-hetero) is 1. The summed E-state index contributed by atoms with van der Waals surface area (Å²) in [7, 11) is 1.54. The van der Waals surface area contributed by atoms with E-state index in [-0.39, 0.29) is 17.7 Å². The van der Waals surface area contributed by atoms with E-state index in [1.54, 1.807) is 10.9 Å². The predicted molar refractivity (Wildman–Crippen MR) is 81.3 cm³/mol. The fraction of sp³-hybridized carbons (Fsp3) is 0.375. The molecule has 1 aromatic heterocycles. The van der Waals surface area contributed by atoms with Crippen LogP contribution in [0.1, 0.15) is 35.9 Å². The van der Waals surface area contributed by atoms with Gasteiger partial charge in [-0.25, -0.2) is 0 Å². The van der Waals surface area contributed by atoms with E-state index < -0.39 is 0 Å². The molecule has 0 spiro atoms. The summed E-state index contributed by atoms with van der Waals surface area (Å²) in [5, 5.41) is 4.17. The summed E-state index contributed by atoms with van der Waals surface area (Å²) in [6.07, 6.45) is 1.57. The second kappa shape index (κ2) is 6.54. The summed E-state index contributed by atoms with van der Waals surface area (Å²) < 4.78 is 6.89. The van der Waals surface area contributed by atoms with Gasteiger partial charge in [-0.15, -0.1) is 0 Å². The molecule has 1 aromatic carbocycles. The van der Waals surface area contributed by atoms with Crippen LogP contribution in [0, 0.1) is 5.92 Å². The maximum absolute atomic E-state index is 12.8. The van der Waals surface area contributed by atoms with Gasteiger partial charge in [0.05, 0.1) is 13.3 Å². The van der Waals surface area contributed by atoms with Crippen molar-refractivity contribution in [1.29, 1.82) is 0 Å². The fourth-order valence-corrected chi connectivity index (χ4v) is 2.35. The van der Waals surface area contributed by atoms with Crippen molar-refractivity contribution in [2.45, 2.75) is 26.4 Å². The Balaban J connectivity index is 2.29. The fourth-order valence-electron chi connectivity index (χ4n) is 2.35. The molecule has 0 fully saturated rings. The highest BCUT2D eigenvalue weighted by Gasteiger charge is 2.28. The number of rotatable bonds is 6. The Kier molecular flexibility index (Phi) is 4.75. The van der Waals surface area contributed by atoms with Crippen LogP contribution in [0.4, 0.5) is 0 Å². The maximum atomic E-state index is 12.8. The zero-order valence-corrected chi connectivity index (χ0v) is 12.6. The third-order valence-electron chi connectivity index (χ3n) is 3.70. The van der Waals surface area contributed by atoms with E-state index in [0.29, 0.717) is 18.0 Å². The molecule has 0 aliphatic carbocycles. The Morgan fingerprint density at radius 1 is 1.38 bits per heavy atom. The molecule has 2 atom stereocenters. The number of carbonyl (C=O) groups excluding carboxylic acids is 1. The van der Waals surface area contributed by atoms with Gasteiger partial charge in [0.25, 0.3) is 0 Å². The van der Waals surface area contributed by atoms with E-state index in [9.17, 15) is 4.79 Å². The molecule has 0 saturated carbocycles. The first-order chi connectivity index (χ1) is 10.1. The van der Waals surface area contributed by atoms with Crippen molar-refractivity contribution < 1.29 is 9.53 Å². The van der Waals surface area contributed by atoms with E-state index in [4.69, 9.17) is 10.5 Å². The van der Waals surface area contributed by atoms with E-state index in [1.807, 2.05) is 44.2 Å². The largest absolute Gasteiger partial charge is 0.493 e. The first-order valence-corrected chi connectivity index (χ1v) is 7.04. The van der Waals surface area contributed by atoms with Crippen LogP contribution >= 0.6 is 0 Å². The molecule has 2 aromatic rings. The molecule has 0 aliphatic rings. The summed E-state index contributed by atoms with van der Waals surface area (Å²) >= 11 is 0. The smallest absolute Gasteiger partial charge is 0.189 e. The van der Waals surface area contributed by atoms with Crippen LogP contribution in [-0.4, -0.2) is 22.7 Å². The third kappa shape index (κ3) is 2.97. The number of nitrogens with two attached hydrogens (primary N) is 1. The van der Waals surface area contributed by atoms with Gasteiger partial charge in [0.15, 0.2) is 11.5 Å². The van der Waals surface area contributed by atoms with Crippen LogP contribution in [0.3, 0.4) is 0 Å². The first-order valence-electron chi connectivity index (χ1n) is 7.04. The lowest BCUT2D eigenvalue weighted by atomic mass is 9.90. The van der Waals surface area contributed by atoms with Crippen LogP contribution in [0.2, 0.25) is 0 Å². The Morgan fingerprint density at radius 3 is 2.62 bits per heavy atom. The number of hydrogen-bond acceptors (Lipinski definition) is 4. The van der Waals surface area contributed by atoms with E-state index in [0.717, 1.165) is 5.56 Å². The standard InChI is InChI=1S/C16H21N3O2/c1-4-19-15(13(21-3)10-18-19)16(20)11(2)14(17)12-8-6-5-7-9-12/h5-11,14H,4,17H2,1-3H3. The number of carbonyl (C=O) groups is 1. The van der Waals surface area contributed by atoms with Gasteiger partial charge in [0.2, 0.25) is 0 Å². The second-order valence-corrected chi connectivity index (χ2v) is 4.97. The van der Waals surface area contributed by atoms with Crippen molar-refractivity contribution in [3.8, 4) is 5.75 Å². The van der Waals surface area contributed by atoms with Crippen LogP contribution in [-0.2, 0) is 6.54 Å². The van der Waals surface area contributed by atoms with Crippen LogP contribution in [0.5, 0.6) is 5.75 Å². The number of aromatic nitrogens is 2. The monoisotopic (exact) mass is 287 g/mol. The SMILES string of the molecule is CCn1ncc(OC)c1C(=O)C(C)C(N)c1ccccc1. The number of benzene rings is 1. The zero-order valence-electron chi connectivity index (χ0n) is 12.6. The molecule has 2 rings (SSSR count).